The molecule has 0 aliphatic carbocycles. The molecular weight excluding hydrogens is 375 g/mol. The summed E-state index contributed by atoms with van der Waals surface area (Å²) in [7, 11) is 3.45. The van der Waals surface area contributed by atoms with Gasteiger partial charge in [0.1, 0.15) is 11.1 Å². The topological polar surface area (TPSA) is 87.0 Å². The molecule has 0 amide bonds. The molecule has 3 aromatic rings. The highest BCUT2D eigenvalue weighted by atomic mass is 19.4. The lowest BCUT2D eigenvalue weighted by atomic mass is 10.0. The number of halogens is 3. The number of aromatic amines is 1. The quantitative estimate of drug-likeness (QED) is 0.693. The fraction of sp³-hybridized carbons (Fsp3) is 0.389. The van der Waals surface area contributed by atoms with Crippen LogP contribution in [0.2, 0.25) is 0 Å². The average Bonchev–Trinajstić information content (AvgIpc) is 2.99. The summed E-state index contributed by atoms with van der Waals surface area (Å²) in [6, 6.07) is 5.62. The number of fused-ring (bicyclic) bond motifs is 1. The number of aliphatic hydroxyl groups excluding tert-OH is 1. The molecule has 0 saturated heterocycles. The molecule has 10 heteroatoms. The predicted molar refractivity (Wildman–Crippen MR) is 98.4 cm³/mol. The second-order valence-electron chi connectivity index (χ2n) is 6.74. The molecule has 2 N–H and O–H groups in total. The van der Waals surface area contributed by atoms with Crippen LogP contribution in [0.15, 0.2) is 29.1 Å². The summed E-state index contributed by atoms with van der Waals surface area (Å²) in [5.41, 5.74) is 0.928. The second kappa shape index (κ2) is 7.27. The molecule has 7 nitrogen and oxygen atoms in total. The normalized spacial score (nSPS) is 13.1. The molecule has 150 valence electrons. The maximum absolute atomic E-state index is 12.5. The molecule has 2 heterocycles. The van der Waals surface area contributed by atoms with Gasteiger partial charge in [0.15, 0.2) is 5.65 Å². The summed E-state index contributed by atoms with van der Waals surface area (Å²) >= 11 is 0. The number of aromatic nitrogens is 4. The Hall–Kier alpha value is -2.88. The van der Waals surface area contributed by atoms with Gasteiger partial charge in [-0.3, -0.25) is 9.78 Å². The minimum Gasteiger partial charge on any atom is -0.390 e. The maximum atomic E-state index is 12.5. The van der Waals surface area contributed by atoms with Crippen LogP contribution in [0.25, 0.3) is 11.0 Å². The van der Waals surface area contributed by atoms with Gasteiger partial charge in [-0.05, 0) is 18.1 Å². The smallest absolute Gasteiger partial charge is 0.390 e. The molecule has 3 rings (SSSR count). The molecule has 0 bridgehead atoms. The Bertz CT molecular complexity index is 1040. The molecule has 0 aliphatic rings. The Balaban J connectivity index is 2.06. The van der Waals surface area contributed by atoms with Crippen molar-refractivity contribution in [1.29, 1.82) is 0 Å². The fourth-order valence-electron chi connectivity index (χ4n) is 2.98. The first-order valence-corrected chi connectivity index (χ1v) is 8.56. The van der Waals surface area contributed by atoms with Gasteiger partial charge in [-0.1, -0.05) is 24.3 Å². The minimum absolute atomic E-state index is 0.161. The van der Waals surface area contributed by atoms with Crippen molar-refractivity contribution in [1.82, 2.24) is 19.7 Å². The molecule has 0 saturated carbocycles. The van der Waals surface area contributed by atoms with Crippen LogP contribution in [0.4, 0.5) is 19.1 Å². The van der Waals surface area contributed by atoms with Gasteiger partial charge in [-0.2, -0.15) is 23.3 Å². The number of hydrogen-bond acceptors (Lipinski definition) is 5. The van der Waals surface area contributed by atoms with E-state index < -0.39 is 30.8 Å². The van der Waals surface area contributed by atoms with E-state index in [2.05, 4.69) is 15.1 Å². The molecule has 0 aliphatic heterocycles. The lowest BCUT2D eigenvalue weighted by molar-refractivity contribution is -0.127. The Morgan fingerprint density at radius 2 is 1.89 bits per heavy atom. The van der Waals surface area contributed by atoms with Crippen LogP contribution in [0.1, 0.15) is 29.8 Å². The van der Waals surface area contributed by atoms with Gasteiger partial charge in [0.2, 0.25) is 5.95 Å². The summed E-state index contributed by atoms with van der Waals surface area (Å²) in [5.74, 6) is 0.330. The third-order valence-electron chi connectivity index (χ3n) is 4.43. The summed E-state index contributed by atoms with van der Waals surface area (Å²) in [5, 5.41) is 14.1. The second-order valence-corrected chi connectivity index (χ2v) is 6.74. The van der Waals surface area contributed by atoms with E-state index in [0.29, 0.717) is 17.2 Å². The summed E-state index contributed by atoms with van der Waals surface area (Å²) in [6.07, 6.45) is -5.26. The number of aliphatic hydroxyl groups is 1. The van der Waals surface area contributed by atoms with Gasteiger partial charge in [-0.15, -0.1) is 0 Å². The number of nitrogens with zero attached hydrogens (tertiary/aromatic N) is 4. The van der Waals surface area contributed by atoms with Gasteiger partial charge in [0.05, 0.1) is 19.1 Å². The van der Waals surface area contributed by atoms with Gasteiger partial charge < -0.3 is 10.0 Å². The van der Waals surface area contributed by atoms with E-state index in [1.807, 2.05) is 0 Å². The average molecular weight is 395 g/mol. The van der Waals surface area contributed by atoms with Crippen molar-refractivity contribution in [2.75, 3.05) is 19.0 Å². The monoisotopic (exact) mass is 395 g/mol. The molecule has 0 unspecified atom stereocenters. The highest BCUT2D eigenvalue weighted by Gasteiger charge is 2.27. The maximum Gasteiger partial charge on any atom is 0.393 e. The molecule has 0 spiro atoms. The van der Waals surface area contributed by atoms with Crippen LogP contribution in [0.3, 0.4) is 0 Å². The van der Waals surface area contributed by atoms with Crippen molar-refractivity contribution in [3.05, 3.63) is 51.4 Å². The highest BCUT2D eigenvalue weighted by Crippen LogP contribution is 2.26. The first kappa shape index (κ1) is 19.9. The van der Waals surface area contributed by atoms with Crippen LogP contribution in [-0.4, -0.2) is 45.1 Å². The third kappa shape index (κ3) is 3.86. The standard InChI is InChI=1S/C18H20F3N5O2/c1-10(12-6-4-11(5-7-12)8-18(19,20)21)26-15-14(13(9-27)24-26)16(28)23-17(22-15)25(2)3/h4-7,10,27H,8-9H2,1-3H3,(H,22,23,28)/t10-/m1/s1. The first-order chi connectivity index (χ1) is 13.1. The largest absolute Gasteiger partial charge is 0.393 e. The number of rotatable bonds is 5. The zero-order chi connectivity index (χ0) is 20.6. The van der Waals surface area contributed by atoms with E-state index in [4.69, 9.17) is 0 Å². The molecule has 0 fully saturated rings. The van der Waals surface area contributed by atoms with E-state index >= 15 is 0 Å². The van der Waals surface area contributed by atoms with E-state index in [1.54, 1.807) is 38.1 Å². The van der Waals surface area contributed by atoms with Crippen molar-refractivity contribution in [3.8, 4) is 0 Å². The highest BCUT2D eigenvalue weighted by molar-refractivity contribution is 5.78. The third-order valence-corrected chi connectivity index (χ3v) is 4.43. The zero-order valence-corrected chi connectivity index (χ0v) is 15.6. The molecule has 2 aromatic heterocycles. The Kier molecular flexibility index (Phi) is 5.16. The van der Waals surface area contributed by atoms with Gasteiger partial charge in [-0.25, -0.2) is 4.68 Å². The van der Waals surface area contributed by atoms with Crippen molar-refractivity contribution in [2.24, 2.45) is 0 Å². The minimum atomic E-state index is -4.27. The fourth-order valence-corrected chi connectivity index (χ4v) is 2.98. The molecule has 1 atom stereocenters. The predicted octanol–water partition coefficient (Wildman–Crippen LogP) is 2.39. The zero-order valence-electron chi connectivity index (χ0n) is 15.6. The van der Waals surface area contributed by atoms with Crippen molar-refractivity contribution >= 4 is 17.0 Å². The van der Waals surface area contributed by atoms with Crippen molar-refractivity contribution in [2.45, 2.75) is 32.2 Å². The van der Waals surface area contributed by atoms with Crippen LogP contribution in [0.5, 0.6) is 0 Å². The summed E-state index contributed by atoms with van der Waals surface area (Å²) in [4.78, 5) is 21.1. The number of nitrogens with one attached hydrogen (secondary N) is 1. The number of alkyl halides is 3. The Morgan fingerprint density at radius 1 is 1.25 bits per heavy atom. The molecule has 1 aromatic carbocycles. The van der Waals surface area contributed by atoms with Crippen LogP contribution < -0.4 is 10.5 Å². The summed E-state index contributed by atoms with van der Waals surface area (Å²) < 4.78 is 39.1. The number of benzene rings is 1. The SMILES string of the molecule is C[C@H](c1ccc(CC(F)(F)F)cc1)n1nc(CO)c2c(=O)[nH]c(N(C)C)nc21. The Morgan fingerprint density at radius 3 is 2.43 bits per heavy atom. The molecule has 0 radical (unpaired) electrons. The number of H-pyrrole nitrogens is 1. The summed E-state index contributed by atoms with van der Waals surface area (Å²) in [6.45, 7) is 1.36. The van der Waals surface area contributed by atoms with Gasteiger partial charge >= 0.3 is 6.18 Å². The van der Waals surface area contributed by atoms with Crippen LogP contribution in [-0.2, 0) is 13.0 Å². The number of anilines is 1. The Labute approximate surface area is 158 Å². The van der Waals surface area contributed by atoms with Crippen LogP contribution >= 0.6 is 0 Å². The first-order valence-electron chi connectivity index (χ1n) is 8.56. The van der Waals surface area contributed by atoms with Crippen LogP contribution in [0, 0.1) is 0 Å². The molecule has 28 heavy (non-hydrogen) atoms. The lowest BCUT2D eigenvalue weighted by Crippen LogP contribution is -2.20. The number of hydrogen-bond donors (Lipinski definition) is 2. The van der Waals surface area contributed by atoms with Crippen molar-refractivity contribution < 1.29 is 18.3 Å². The van der Waals surface area contributed by atoms with E-state index in [9.17, 15) is 23.1 Å². The van der Waals surface area contributed by atoms with Gasteiger partial charge in [0, 0.05) is 14.1 Å². The molecular formula is C18H20F3N5O2. The van der Waals surface area contributed by atoms with E-state index in [1.165, 1.54) is 16.8 Å². The van der Waals surface area contributed by atoms with Crippen molar-refractivity contribution in [3.63, 3.8) is 0 Å². The van der Waals surface area contributed by atoms with E-state index in [0.717, 1.165) is 0 Å². The van der Waals surface area contributed by atoms with Gasteiger partial charge in [0.25, 0.3) is 5.56 Å². The van der Waals surface area contributed by atoms with E-state index in [-0.39, 0.29) is 16.6 Å². The lowest BCUT2D eigenvalue weighted by Gasteiger charge is -2.16.